The molecule has 0 unspecified atom stereocenters. The van der Waals surface area contributed by atoms with Crippen LogP contribution in [0.15, 0.2) is 72.7 Å². The molecule has 36 heavy (non-hydrogen) atoms. The number of hydrogen-bond donors (Lipinski definition) is 1. The molecule has 0 saturated carbocycles. The molecule has 11 heteroatoms. The monoisotopic (exact) mass is 524 g/mol. The lowest BCUT2D eigenvalue weighted by atomic mass is 10.1. The summed E-state index contributed by atoms with van der Waals surface area (Å²) in [7, 11) is -3.76. The molecular weight excluding hydrogens is 500 g/mol. The highest BCUT2D eigenvalue weighted by Crippen LogP contribution is 2.29. The highest BCUT2D eigenvalue weighted by molar-refractivity contribution is 7.89. The maximum absolute atomic E-state index is 13.0. The fourth-order valence-corrected chi connectivity index (χ4v) is 6.25. The van der Waals surface area contributed by atoms with Crippen LogP contribution < -0.4 is 5.32 Å². The summed E-state index contributed by atoms with van der Waals surface area (Å²) in [6, 6.07) is 11.2. The van der Waals surface area contributed by atoms with Gasteiger partial charge in [-0.1, -0.05) is 35.6 Å². The van der Waals surface area contributed by atoms with E-state index in [-0.39, 0.29) is 48.7 Å². The number of fused-ring (bicyclic) bond motifs is 2. The molecular formula is C25H24N4O5S2. The standard InChI is InChI=1S/C25H24N4O5S2/c1-3-13-28(14-4-2)36(33,34)17-11-12-20-21(16-17)35-25(26-20)27-22(30)10-7-15-29-23(31)18-8-5-6-9-19(18)24(29)32/h3-6,8-9,11-12,16H,1-2,7,10,13-15H2,(H,26,27,30). The second-order valence-electron chi connectivity index (χ2n) is 8.01. The number of amides is 3. The van der Waals surface area contributed by atoms with Crippen LogP contribution in [0.25, 0.3) is 10.2 Å². The molecule has 0 atom stereocenters. The zero-order valence-corrected chi connectivity index (χ0v) is 21.0. The van der Waals surface area contributed by atoms with E-state index in [1.54, 1.807) is 30.3 Å². The minimum absolute atomic E-state index is 0.0844. The van der Waals surface area contributed by atoms with Crippen molar-refractivity contribution in [2.24, 2.45) is 0 Å². The van der Waals surface area contributed by atoms with Gasteiger partial charge in [0.15, 0.2) is 5.13 Å². The first-order valence-corrected chi connectivity index (χ1v) is 13.4. The summed E-state index contributed by atoms with van der Waals surface area (Å²) in [4.78, 5) is 42.9. The molecule has 0 bridgehead atoms. The topological polar surface area (TPSA) is 117 Å². The quantitative estimate of drug-likeness (QED) is 0.302. The van der Waals surface area contributed by atoms with Gasteiger partial charge in [0.2, 0.25) is 15.9 Å². The lowest BCUT2D eigenvalue weighted by molar-refractivity contribution is -0.116. The second-order valence-corrected chi connectivity index (χ2v) is 11.0. The van der Waals surface area contributed by atoms with Crippen molar-refractivity contribution in [3.63, 3.8) is 0 Å². The number of anilines is 1. The Morgan fingerprint density at radius 2 is 1.69 bits per heavy atom. The molecule has 3 amide bonds. The van der Waals surface area contributed by atoms with Crippen LogP contribution in [0.2, 0.25) is 0 Å². The van der Waals surface area contributed by atoms with Crippen molar-refractivity contribution in [2.45, 2.75) is 17.7 Å². The average Bonchev–Trinajstić information content (AvgIpc) is 3.37. The van der Waals surface area contributed by atoms with Crippen molar-refractivity contribution in [3.05, 3.63) is 78.9 Å². The third-order valence-electron chi connectivity index (χ3n) is 5.57. The van der Waals surface area contributed by atoms with E-state index < -0.39 is 10.0 Å². The lowest BCUT2D eigenvalue weighted by Crippen LogP contribution is -2.31. The van der Waals surface area contributed by atoms with E-state index in [1.807, 2.05) is 0 Å². The number of carbonyl (C=O) groups excluding carboxylic acids is 3. The molecule has 1 aliphatic rings. The van der Waals surface area contributed by atoms with Crippen LogP contribution >= 0.6 is 11.3 Å². The summed E-state index contributed by atoms with van der Waals surface area (Å²) in [5.41, 5.74) is 1.30. The number of benzene rings is 2. The van der Waals surface area contributed by atoms with E-state index in [0.29, 0.717) is 32.9 Å². The Balaban J connectivity index is 1.38. The number of rotatable bonds is 11. The molecule has 186 valence electrons. The fraction of sp³-hybridized carbons (Fsp3) is 0.200. The Bertz CT molecular complexity index is 1430. The summed E-state index contributed by atoms with van der Waals surface area (Å²) in [5, 5.41) is 3.04. The molecule has 0 fully saturated rings. The molecule has 2 heterocycles. The van der Waals surface area contributed by atoms with E-state index in [0.717, 1.165) is 16.2 Å². The third kappa shape index (κ3) is 4.99. The van der Waals surface area contributed by atoms with Gasteiger partial charge in [0.1, 0.15) is 0 Å². The lowest BCUT2D eigenvalue weighted by Gasteiger charge is -2.18. The molecule has 4 rings (SSSR count). The van der Waals surface area contributed by atoms with Crippen LogP contribution in [0, 0.1) is 0 Å². The summed E-state index contributed by atoms with van der Waals surface area (Å²) in [6.07, 6.45) is 3.40. The van der Waals surface area contributed by atoms with Crippen molar-refractivity contribution >= 4 is 54.4 Å². The Kier molecular flexibility index (Phi) is 7.43. The summed E-state index contributed by atoms with van der Waals surface area (Å²) in [5.74, 6) is -1.03. The zero-order valence-electron chi connectivity index (χ0n) is 19.3. The number of imide groups is 1. The van der Waals surface area contributed by atoms with Crippen molar-refractivity contribution < 1.29 is 22.8 Å². The average molecular weight is 525 g/mol. The number of carbonyl (C=O) groups is 3. The number of hydrogen-bond acceptors (Lipinski definition) is 7. The first-order valence-electron chi connectivity index (χ1n) is 11.1. The summed E-state index contributed by atoms with van der Waals surface area (Å²) < 4.78 is 27.8. The minimum Gasteiger partial charge on any atom is -0.302 e. The predicted octanol–water partition coefficient (Wildman–Crippen LogP) is 3.67. The SMILES string of the molecule is C=CCN(CC=C)S(=O)(=O)c1ccc2nc(NC(=O)CCCN3C(=O)c4ccccc4C3=O)sc2c1. The van der Waals surface area contributed by atoms with Gasteiger partial charge in [-0.2, -0.15) is 4.31 Å². The number of thiazole rings is 1. The Labute approximate surface area is 212 Å². The Hall–Kier alpha value is -3.67. The summed E-state index contributed by atoms with van der Waals surface area (Å²) in [6.45, 7) is 7.64. The molecule has 9 nitrogen and oxygen atoms in total. The van der Waals surface area contributed by atoms with Crippen LogP contribution in [0.1, 0.15) is 33.6 Å². The van der Waals surface area contributed by atoms with E-state index in [9.17, 15) is 22.8 Å². The Morgan fingerprint density at radius 3 is 2.31 bits per heavy atom. The maximum atomic E-state index is 13.0. The first kappa shape index (κ1) is 25.4. The normalized spacial score (nSPS) is 13.3. The molecule has 1 N–H and O–H groups in total. The van der Waals surface area contributed by atoms with Gasteiger partial charge in [-0.25, -0.2) is 13.4 Å². The fourth-order valence-electron chi connectivity index (χ4n) is 3.85. The van der Waals surface area contributed by atoms with Gasteiger partial charge < -0.3 is 5.32 Å². The van der Waals surface area contributed by atoms with Crippen LogP contribution in [0.3, 0.4) is 0 Å². The van der Waals surface area contributed by atoms with Crippen LogP contribution in [-0.2, 0) is 14.8 Å². The van der Waals surface area contributed by atoms with Gasteiger partial charge in [0, 0.05) is 26.1 Å². The summed E-state index contributed by atoms with van der Waals surface area (Å²) >= 11 is 1.16. The first-order chi connectivity index (χ1) is 17.3. The van der Waals surface area contributed by atoms with E-state index in [4.69, 9.17) is 0 Å². The molecule has 0 saturated heterocycles. The number of aromatic nitrogens is 1. The third-order valence-corrected chi connectivity index (χ3v) is 8.33. The maximum Gasteiger partial charge on any atom is 0.261 e. The minimum atomic E-state index is -3.76. The molecule has 1 aliphatic heterocycles. The molecule has 2 aromatic carbocycles. The predicted molar refractivity (Wildman–Crippen MR) is 138 cm³/mol. The van der Waals surface area contributed by atoms with Crippen LogP contribution in [0.5, 0.6) is 0 Å². The zero-order chi connectivity index (χ0) is 25.9. The van der Waals surface area contributed by atoms with Crippen molar-refractivity contribution in [2.75, 3.05) is 25.0 Å². The van der Waals surface area contributed by atoms with Gasteiger partial charge in [0.25, 0.3) is 11.8 Å². The van der Waals surface area contributed by atoms with Gasteiger partial charge in [-0.05, 0) is 36.8 Å². The number of nitrogens with zero attached hydrogens (tertiary/aromatic N) is 3. The van der Waals surface area contributed by atoms with E-state index in [2.05, 4.69) is 23.5 Å². The van der Waals surface area contributed by atoms with Crippen molar-refractivity contribution in [1.82, 2.24) is 14.2 Å². The van der Waals surface area contributed by atoms with Crippen LogP contribution in [-0.4, -0.2) is 60.0 Å². The molecule has 3 aromatic rings. The van der Waals surface area contributed by atoms with Gasteiger partial charge in [-0.3, -0.25) is 19.3 Å². The smallest absolute Gasteiger partial charge is 0.261 e. The molecule has 1 aromatic heterocycles. The molecule has 0 spiro atoms. The largest absolute Gasteiger partial charge is 0.302 e. The van der Waals surface area contributed by atoms with E-state index >= 15 is 0 Å². The van der Waals surface area contributed by atoms with Crippen molar-refractivity contribution in [1.29, 1.82) is 0 Å². The number of sulfonamides is 1. The van der Waals surface area contributed by atoms with E-state index in [1.165, 1.54) is 28.6 Å². The second kappa shape index (κ2) is 10.5. The van der Waals surface area contributed by atoms with Crippen LogP contribution in [0.4, 0.5) is 5.13 Å². The Morgan fingerprint density at radius 1 is 1.06 bits per heavy atom. The van der Waals surface area contributed by atoms with Crippen molar-refractivity contribution in [3.8, 4) is 0 Å². The number of nitrogens with one attached hydrogen (secondary N) is 1. The molecule has 0 radical (unpaired) electrons. The molecule has 0 aliphatic carbocycles. The van der Waals surface area contributed by atoms with Gasteiger partial charge in [0.05, 0.1) is 26.2 Å². The van der Waals surface area contributed by atoms with Gasteiger partial charge >= 0.3 is 0 Å². The van der Waals surface area contributed by atoms with Gasteiger partial charge in [-0.15, -0.1) is 13.2 Å². The highest BCUT2D eigenvalue weighted by atomic mass is 32.2. The highest BCUT2D eigenvalue weighted by Gasteiger charge is 2.34.